The molecular formula is C23H23N3O3. The molecule has 0 unspecified atom stereocenters. The quantitative estimate of drug-likeness (QED) is 0.497. The summed E-state index contributed by atoms with van der Waals surface area (Å²) < 4.78 is 7.17. The van der Waals surface area contributed by atoms with Crippen LogP contribution in [0.5, 0.6) is 0 Å². The van der Waals surface area contributed by atoms with E-state index < -0.39 is 5.97 Å². The standard InChI is InChI=1S/C23H23N3O3/c1-3-29-23(28)20(15-17-9-11-19(12-10-17)22(27)24-2)21-25-13-14-26(21)16-18-7-5-4-6-8-18/h4-15H,3,16H2,1-2H3,(H,24,27)/b20-15+. The van der Waals surface area contributed by atoms with E-state index in [1.807, 2.05) is 41.1 Å². The number of aromatic nitrogens is 2. The van der Waals surface area contributed by atoms with Crippen LogP contribution in [0.4, 0.5) is 0 Å². The largest absolute Gasteiger partial charge is 0.462 e. The normalized spacial score (nSPS) is 11.2. The Hall–Kier alpha value is -3.67. The topological polar surface area (TPSA) is 73.2 Å². The molecule has 2 aromatic carbocycles. The molecule has 0 aliphatic rings. The lowest BCUT2D eigenvalue weighted by Crippen LogP contribution is -2.17. The Morgan fingerprint density at radius 3 is 2.48 bits per heavy atom. The first-order chi connectivity index (χ1) is 14.1. The number of amides is 1. The van der Waals surface area contributed by atoms with Gasteiger partial charge in [-0.25, -0.2) is 9.78 Å². The summed E-state index contributed by atoms with van der Waals surface area (Å²) in [5, 5.41) is 2.59. The molecule has 0 atom stereocenters. The molecule has 1 heterocycles. The van der Waals surface area contributed by atoms with E-state index in [1.165, 1.54) is 0 Å². The van der Waals surface area contributed by atoms with Gasteiger partial charge in [-0.1, -0.05) is 42.5 Å². The van der Waals surface area contributed by atoms with Gasteiger partial charge in [0, 0.05) is 31.5 Å². The summed E-state index contributed by atoms with van der Waals surface area (Å²) in [5.41, 5.74) is 2.79. The fourth-order valence-corrected chi connectivity index (χ4v) is 2.93. The number of ether oxygens (including phenoxy) is 1. The van der Waals surface area contributed by atoms with E-state index >= 15 is 0 Å². The molecule has 0 bridgehead atoms. The second kappa shape index (κ2) is 9.50. The number of imidazole rings is 1. The maximum Gasteiger partial charge on any atom is 0.341 e. The molecule has 0 fully saturated rings. The number of benzene rings is 2. The Kier molecular flexibility index (Phi) is 6.58. The molecule has 0 saturated heterocycles. The SMILES string of the molecule is CCOC(=O)/C(=C/c1ccc(C(=O)NC)cc1)c1nccn1Cc1ccccc1. The van der Waals surface area contributed by atoms with Crippen LogP contribution in [0, 0.1) is 0 Å². The van der Waals surface area contributed by atoms with Gasteiger partial charge in [0.2, 0.25) is 0 Å². The molecule has 0 aliphatic heterocycles. The van der Waals surface area contributed by atoms with Gasteiger partial charge < -0.3 is 14.6 Å². The zero-order valence-electron chi connectivity index (χ0n) is 16.5. The maximum absolute atomic E-state index is 12.7. The van der Waals surface area contributed by atoms with Gasteiger partial charge in [0.1, 0.15) is 11.4 Å². The molecule has 148 valence electrons. The number of nitrogens with one attached hydrogen (secondary N) is 1. The van der Waals surface area contributed by atoms with Crippen molar-refractivity contribution in [3.05, 3.63) is 89.5 Å². The van der Waals surface area contributed by atoms with Crippen LogP contribution in [0.1, 0.15) is 34.2 Å². The number of carbonyl (C=O) groups excluding carboxylic acids is 2. The predicted octanol–water partition coefficient (Wildman–Crippen LogP) is 3.39. The third-order valence-electron chi connectivity index (χ3n) is 4.36. The highest BCUT2D eigenvalue weighted by Gasteiger charge is 2.19. The van der Waals surface area contributed by atoms with E-state index in [9.17, 15) is 9.59 Å². The number of esters is 1. The number of rotatable bonds is 7. The summed E-state index contributed by atoms with van der Waals surface area (Å²) >= 11 is 0. The molecule has 0 radical (unpaired) electrons. The zero-order valence-corrected chi connectivity index (χ0v) is 16.5. The fraction of sp³-hybridized carbons (Fsp3) is 0.174. The van der Waals surface area contributed by atoms with Crippen LogP contribution in [-0.4, -0.2) is 35.1 Å². The molecule has 0 saturated carbocycles. The van der Waals surface area contributed by atoms with Gasteiger partial charge in [-0.15, -0.1) is 0 Å². The van der Waals surface area contributed by atoms with Crippen molar-refractivity contribution in [2.45, 2.75) is 13.5 Å². The zero-order chi connectivity index (χ0) is 20.6. The predicted molar refractivity (Wildman–Crippen MR) is 112 cm³/mol. The number of hydrogen-bond donors (Lipinski definition) is 1. The Bertz CT molecular complexity index is 1010. The van der Waals surface area contributed by atoms with Gasteiger partial charge in [-0.3, -0.25) is 4.79 Å². The molecule has 3 rings (SSSR count). The van der Waals surface area contributed by atoms with E-state index in [1.54, 1.807) is 50.5 Å². The molecule has 1 amide bonds. The molecule has 6 nitrogen and oxygen atoms in total. The molecule has 1 aromatic heterocycles. The summed E-state index contributed by atoms with van der Waals surface area (Å²) in [5.74, 6) is -0.0735. The summed E-state index contributed by atoms with van der Waals surface area (Å²) in [6.07, 6.45) is 5.24. The first-order valence-electron chi connectivity index (χ1n) is 9.38. The van der Waals surface area contributed by atoms with Crippen molar-refractivity contribution < 1.29 is 14.3 Å². The fourth-order valence-electron chi connectivity index (χ4n) is 2.93. The molecule has 29 heavy (non-hydrogen) atoms. The summed E-state index contributed by atoms with van der Waals surface area (Å²) in [6.45, 7) is 2.62. The van der Waals surface area contributed by atoms with E-state index in [4.69, 9.17) is 4.74 Å². The summed E-state index contributed by atoms with van der Waals surface area (Å²) in [6, 6.07) is 17.0. The van der Waals surface area contributed by atoms with Crippen LogP contribution in [0.2, 0.25) is 0 Å². The van der Waals surface area contributed by atoms with Crippen molar-refractivity contribution in [2.75, 3.05) is 13.7 Å². The van der Waals surface area contributed by atoms with Gasteiger partial charge in [-0.2, -0.15) is 0 Å². The van der Waals surface area contributed by atoms with Gasteiger partial charge >= 0.3 is 5.97 Å². The minimum Gasteiger partial charge on any atom is -0.462 e. The molecule has 0 spiro atoms. The minimum absolute atomic E-state index is 0.162. The van der Waals surface area contributed by atoms with E-state index in [-0.39, 0.29) is 12.5 Å². The average Bonchev–Trinajstić information content (AvgIpc) is 3.20. The smallest absolute Gasteiger partial charge is 0.341 e. The van der Waals surface area contributed by atoms with Gasteiger partial charge in [0.25, 0.3) is 5.91 Å². The van der Waals surface area contributed by atoms with Crippen molar-refractivity contribution in [1.82, 2.24) is 14.9 Å². The van der Waals surface area contributed by atoms with Gasteiger partial charge in [0.15, 0.2) is 0 Å². The second-order valence-electron chi connectivity index (χ2n) is 6.34. The van der Waals surface area contributed by atoms with Gasteiger partial charge in [-0.05, 0) is 36.3 Å². The van der Waals surface area contributed by atoms with Crippen molar-refractivity contribution in [1.29, 1.82) is 0 Å². The van der Waals surface area contributed by atoms with Crippen molar-refractivity contribution in [3.63, 3.8) is 0 Å². The van der Waals surface area contributed by atoms with Crippen molar-refractivity contribution in [2.24, 2.45) is 0 Å². The maximum atomic E-state index is 12.7. The van der Waals surface area contributed by atoms with E-state index in [0.717, 1.165) is 11.1 Å². The van der Waals surface area contributed by atoms with E-state index in [2.05, 4.69) is 10.3 Å². The Balaban J connectivity index is 1.96. The molecule has 1 N–H and O–H groups in total. The first kappa shape index (κ1) is 20.1. The van der Waals surface area contributed by atoms with Gasteiger partial charge in [0.05, 0.1) is 6.61 Å². The van der Waals surface area contributed by atoms with Crippen LogP contribution in [-0.2, 0) is 16.1 Å². The summed E-state index contributed by atoms with van der Waals surface area (Å²) in [4.78, 5) is 28.8. The third-order valence-corrected chi connectivity index (χ3v) is 4.36. The monoisotopic (exact) mass is 389 g/mol. The number of nitrogens with zero attached hydrogens (tertiary/aromatic N) is 2. The van der Waals surface area contributed by atoms with Crippen LogP contribution in [0.15, 0.2) is 67.0 Å². The average molecular weight is 389 g/mol. The number of carbonyl (C=O) groups is 2. The van der Waals surface area contributed by atoms with Crippen molar-refractivity contribution >= 4 is 23.5 Å². The van der Waals surface area contributed by atoms with Crippen molar-refractivity contribution in [3.8, 4) is 0 Å². The second-order valence-corrected chi connectivity index (χ2v) is 6.34. The Labute approximate surface area is 169 Å². The van der Waals surface area contributed by atoms with E-state index in [0.29, 0.717) is 23.5 Å². The highest BCUT2D eigenvalue weighted by atomic mass is 16.5. The molecule has 0 aliphatic carbocycles. The lowest BCUT2D eigenvalue weighted by atomic mass is 10.1. The minimum atomic E-state index is -0.441. The lowest BCUT2D eigenvalue weighted by molar-refractivity contribution is -0.136. The Morgan fingerprint density at radius 2 is 1.83 bits per heavy atom. The van der Waals surface area contributed by atoms with Crippen LogP contribution in [0.3, 0.4) is 0 Å². The first-order valence-corrected chi connectivity index (χ1v) is 9.38. The Morgan fingerprint density at radius 1 is 1.10 bits per heavy atom. The highest BCUT2D eigenvalue weighted by molar-refractivity contribution is 6.20. The van der Waals surface area contributed by atoms with Crippen LogP contribution >= 0.6 is 0 Å². The lowest BCUT2D eigenvalue weighted by Gasteiger charge is -2.11. The highest BCUT2D eigenvalue weighted by Crippen LogP contribution is 2.20. The summed E-state index contributed by atoms with van der Waals surface area (Å²) in [7, 11) is 1.58. The molecule has 6 heteroatoms. The molecular weight excluding hydrogens is 366 g/mol. The molecule has 3 aromatic rings. The third kappa shape index (κ3) is 4.99. The number of hydrogen-bond acceptors (Lipinski definition) is 4. The van der Waals surface area contributed by atoms with Crippen LogP contribution < -0.4 is 5.32 Å². The van der Waals surface area contributed by atoms with Crippen LogP contribution in [0.25, 0.3) is 11.6 Å².